The minimum atomic E-state index is -0.829. The Morgan fingerprint density at radius 1 is 0.892 bits per heavy atom. The van der Waals surface area contributed by atoms with E-state index in [-0.39, 0.29) is 5.57 Å². The molecule has 0 aromatic heterocycles. The van der Waals surface area contributed by atoms with Crippen LogP contribution in [0.2, 0.25) is 5.02 Å². The lowest BCUT2D eigenvalue weighted by Crippen LogP contribution is -2.54. The summed E-state index contributed by atoms with van der Waals surface area (Å²) in [6.07, 6.45) is 1.41. The molecule has 0 unspecified atom stereocenters. The lowest BCUT2D eigenvalue weighted by Gasteiger charge is -2.26. The summed E-state index contributed by atoms with van der Waals surface area (Å²) in [5.41, 5.74) is 1.65. The first-order chi connectivity index (χ1) is 17.9. The Morgan fingerprint density at radius 2 is 1.65 bits per heavy atom. The largest absolute Gasteiger partial charge is 0.493 e. The molecule has 4 amide bonds. The van der Waals surface area contributed by atoms with Gasteiger partial charge in [-0.3, -0.25) is 14.9 Å². The molecule has 7 nitrogen and oxygen atoms in total. The second kappa shape index (κ2) is 10.2. The molecule has 0 saturated carbocycles. The fourth-order valence-corrected chi connectivity index (χ4v) is 4.24. The molecule has 1 fully saturated rings. The van der Waals surface area contributed by atoms with E-state index in [4.69, 9.17) is 21.1 Å². The Hall–Kier alpha value is -4.62. The third-order valence-corrected chi connectivity index (χ3v) is 6.20. The highest BCUT2D eigenvalue weighted by Gasteiger charge is 2.36. The van der Waals surface area contributed by atoms with Crippen LogP contribution < -0.4 is 19.7 Å². The molecular formula is C29H21ClN2O5. The summed E-state index contributed by atoms with van der Waals surface area (Å²) in [4.78, 5) is 38.9. The van der Waals surface area contributed by atoms with Crippen LogP contribution in [0.5, 0.6) is 11.5 Å². The van der Waals surface area contributed by atoms with Crippen LogP contribution in [0.25, 0.3) is 16.8 Å². The molecule has 0 radical (unpaired) electrons. The van der Waals surface area contributed by atoms with Crippen LogP contribution >= 0.6 is 11.6 Å². The number of urea groups is 1. The van der Waals surface area contributed by atoms with Crippen molar-refractivity contribution in [3.63, 3.8) is 0 Å². The number of ether oxygens (including phenoxy) is 2. The van der Waals surface area contributed by atoms with Crippen molar-refractivity contribution >= 4 is 52.0 Å². The van der Waals surface area contributed by atoms with E-state index >= 15 is 0 Å². The van der Waals surface area contributed by atoms with E-state index in [9.17, 15) is 14.4 Å². The first kappa shape index (κ1) is 24.1. The molecular weight excluding hydrogens is 492 g/mol. The van der Waals surface area contributed by atoms with Gasteiger partial charge in [0.15, 0.2) is 11.5 Å². The molecule has 1 aliphatic heterocycles. The van der Waals surface area contributed by atoms with Crippen LogP contribution in [-0.2, 0) is 16.2 Å². The Balaban J connectivity index is 1.40. The number of methoxy groups -OCH3 is 1. The van der Waals surface area contributed by atoms with Crippen molar-refractivity contribution in [2.45, 2.75) is 6.61 Å². The van der Waals surface area contributed by atoms with E-state index in [0.29, 0.717) is 34.4 Å². The zero-order valence-corrected chi connectivity index (χ0v) is 20.5. The number of rotatable bonds is 6. The fraction of sp³-hybridized carbons (Fsp3) is 0.0690. The monoisotopic (exact) mass is 512 g/mol. The SMILES string of the molecule is COc1cc(/C=C2\C(=O)NC(=O)N(c3ccc(Cl)cc3)C2=O)ccc1OCc1cccc2ccccc12. The lowest BCUT2D eigenvalue weighted by molar-refractivity contribution is -0.122. The van der Waals surface area contributed by atoms with E-state index in [2.05, 4.69) is 5.32 Å². The molecule has 1 aliphatic rings. The lowest BCUT2D eigenvalue weighted by atomic mass is 10.1. The van der Waals surface area contributed by atoms with Gasteiger partial charge in [0.05, 0.1) is 12.8 Å². The minimum absolute atomic E-state index is 0.193. The van der Waals surface area contributed by atoms with Gasteiger partial charge in [-0.15, -0.1) is 0 Å². The summed E-state index contributed by atoms with van der Waals surface area (Å²) < 4.78 is 11.6. The number of anilines is 1. The van der Waals surface area contributed by atoms with Crippen molar-refractivity contribution in [1.82, 2.24) is 5.32 Å². The molecule has 1 heterocycles. The first-order valence-electron chi connectivity index (χ1n) is 11.4. The van der Waals surface area contributed by atoms with Crippen LogP contribution in [0.1, 0.15) is 11.1 Å². The molecule has 1 saturated heterocycles. The number of fused-ring (bicyclic) bond motifs is 1. The number of imide groups is 2. The Morgan fingerprint density at radius 3 is 2.43 bits per heavy atom. The highest BCUT2D eigenvalue weighted by Crippen LogP contribution is 2.31. The number of hydrogen-bond donors (Lipinski definition) is 1. The van der Waals surface area contributed by atoms with Crippen molar-refractivity contribution in [2.75, 3.05) is 12.0 Å². The van der Waals surface area contributed by atoms with Gasteiger partial charge in [-0.05, 0) is 64.4 Å². The van der Waals surface area contributed by atoms with Gasteiger partial charge in [0, 0.05) is 5.02 Å². The van der Waals surface area contributed by atoms with E-state index in [1.807, 2.05) is 42.5 Å². The Labute approximate surface area is 217 Å². The van der Waals surface area contributed by atoms with Crippen molar-refractivity contribution < 1.29 is 23.9 Å². The first-order valence-corrected chi connectivity index (χ1v) is 11.8. The summed E-state index contributed by atoms with van der Waals surface area (Å²) in [6, 6.07) is 24.5. The summed E-state index contributed by atoms with van der Waals surface area (Å²) >= 11 is 5.92. The molecule has 0 atom stereocenters. The van der Waals surface area contributed by atoms with Gasteiger partial charge in [0.25, 0.3) is 11.8 Å². The molecule has 0 bridgehead atoms. The molecule has 4 aromatic rings. The third kappa shape index (κ3) is 4.90. The predicted octanol–water partition coefficient (Wildman–Crippen LogP) is 5.75. The molecule has 4 aromatic carbocycles. The third-order valence-electron chi connectivity index (χ3n) is 5.95. The van der Waals surface area contributed by atoms with Gasteiger partial charge >= 0.3 is 6.03 Å². The maximum absolute atomic E-state index is 13.1. The van der Waals surface area contributed by atoms with Crippen LogP contribution in [0, 0.1) is 0 Å². The van der Waals surface area contributed by atoms with E-state index in [1.54, 1.807) is 30.3 Å². The number of carbonyl (C=O) groups excluding carboxylic acids is 3. The van der Waals surface area contributed by atoms with Gasteiger partial charge < -0.3 is 9.47 Å². The van der Waals surface area contributed by atoms with E-state index in [1.165, 1.54) is 25.3 Å². The van der Waals surface area contributed by atoms with Gasteiger partial charge in [-0.2, -0.15) is 0 Å². The topological polar surface area (TPSA) is 84.9 Å². The molecule has 184 valence electrons. The smallest absolute Gasteiger partial charge is 0.335 e. The highest BCUT2D eigenvalue weighted by atomic mass is 35.5. The number of hydrogen-bond acceptors (Lipinski definition) is 5. The standard InChI is InChI=1S/C29H21ClN2O5/c1-36-26-16-18(9-14-25(26)37-17-20-7-4-6-19-5-2-3-8-23(19)20)15-24-27(33)31-29(35)32(28(24)34)22-12-10-21(30)11-13-22/h2-16H,17H2,1H3,(H,31,33,35)/b24-15+. The normalized spacial score (nSPS) is 14.7. The summed E-state index contributed by atoms with van der Waals surface area (Å²) in [6.45, 7) is 0.331. The van der Waals surface area contributed by atoms with Gasteiger partial charge in [-0.25, -0.2) is 9.69 Å². The highest BCUT2D eigenvalue weighted by molar-refractivity contribution is 6.39. The van der Waals surface area contributed by atoms with E-state index < -0.39 is 17.8 Å². The van der Waals surface area contributed by atoms with Gasteiger partial charge in [0.1, 0.15) is 12.2 Å². The average molecular weight is 513 g/mol. The summed E-state index contributed by atoms with van der Waals surface area (Å²) in [7, 11) is 1.51. The van der Waals surface area contributed by atoms with Crippen molar-refractivity contribution in [1.29, 1.82) is 0 Å². The van der Waals surface area contributed by atoms with Crippen LogP contribution in [0.4, 0.5) is 10.5 Å². The van der Waals surface area contributed by atoms with Gasteiger partial charge in [0.2, 0.25) is 0 Å². The molecule has 37 heavy (non-hydrogen) atoms. The maximum Gasteiger partial charge on any atom is 0.335 e. The van der Waals surface area contributed by atoms with E-state index in [0.717, 1.165) is 21.2 Å². The molecule has 0 spiro atoms. The second-order valence-electron chi connectivity index (χ2n) is 8.27. The van der Waals surface area contributed by atoms with Crippen LogP contribution in [0.15, 0.2) is 90.5 Å². The fourth-order valence-electron chi connectivity index (χ4n) is 4.12. The summed E-state index contributed by atoms with van der Waals surface area (Å²) in [5.74, 6) is -0.583. The van der Waals surface area contributed by atoms with Crippen molar-refractivity contribution in [3.8, 4) is 11.5 Å². The molecule has 0 aliphatic carbocycles. The van der Waals surface area contributed by atoms with Crippen LogP contribution in [-0.4, -0.2) is 25.0 Å². The Bertz CT molecular complexity index is 1560. The number of nitrogens with zero attached hydrogens (tertiary/aromatic N) is 1. The minimum Gasteiger partial charge on any atom is -0.493 e. The zero-order chi connectivity index (χ0) is 25.9. The predicted molar refractivity (Wildman–Crippen MR) is 142 cm³/mol. The Kier molecular flexibility index (Phi) is 6.62. The maximum atomic E-state index is 13.1. The summed E-state index contributed by atoms with van der Waals surface area (Å²) in [5, 5.41) is 4.89. The number of benzene rings is 4. The number of halogens is 1. The number of barbiturate groups is 1. The molecule has 5 rings (SSSR count). The van der Waals surface area contributed by atoms with Crippen LogP contribution in [0.3, 0.4) is 0 Å². The molecule has 8 heteroatoms. The number of amides is 4. The molecule has 1 N–H and O–H groups in total. The van der Waals surface area contributed by atoms with Crippen molar-refractivity contribution in [3.05, 3.63) is 107 Å². The van der Waals surface area contributed by atoms with Crippen molar-refractivity contribution in [2.24, 2.45) is 0 Å². The van der Waals surface area contributed by atoms with Gasteiger partial charge in [-0.1, -0.05) is 60.1 Å². The second-order valence-corrected chi connectivity index (χ2v) is 8.71. The zero-order valence-electron chi connectivity index (χ0n) is 19.7. The number of carbonyl (C=O) groups is 3. The number of nitrogens with one attached hydrogen (secondary N) is 1. The average Bonchev–Trinajstić information content (AvgIpc) is 2.91. The quantitative estimate of drug-likeness (QED) is 0.263.